The van der Waals surface area contributed by atoms with Crippen LogP contribution in [-0.4, -0.2) is 16.0 Å². The van der Waals surface area contributed by atoms with E-state index in [9.17, 15) is 18.0 Å². The van der Waals surface area contributed by atoms with E-state index in [0.717, 1.165) is 23.8 Å². The maximum absolute atomic E-state index is 13.2. The Kier molecular flexibility index (Phi) is 5.88. The first-order valence-electron chi connectivity index (χ1n) is 8.20. The van der Waals surface area contributed by atoms with Crippen LogP contribution in [0.15, 0.2) is 54.9 Å². The normalized spacial score (nSPS) is 11.2. The van der Waals surface area contributed by atoms with Crippen LogP contribution in [0, 0.1) is 0 Å². The molecule has 0 aliphatic carbocycles. The number of carbonyl (C=O) groups excluding carboxylic acids is 1. The minimum Gasteiger partial charge on any atom is -0.471 e. The fraction of sp³-hybridized carbons (Fsp3) is 0.105. The van der Waals surface area contributed by atoms with Crippen molar-refractivity contribution in [1.82, 2.24) is 9.97 Å². The topological polar surface area (TPSA) is 90.1 Å². The molecular weight excluding hydrogens is 409 g/mol. The van der Waals surface area contributed by atoms with E-state index in [4.69, 9.17) is 22.1 Å². The van der Waals surface area contributed by atoms with Crippen molar-refractivity contribution in [1.29, 1.82) is 0 Å². The molecule has 0 saturated carbocycles. The van der Waals surface area contributed by atoms with Gasteiger partial charge in [0.1, 0.15) is 12.3 Å². The molecule has 0 spiro atoms. The third-order valence-corrected chi connectivity index (χ3v) is 4.07. The third kappa shape index (κ3) is 5.14. The molecule has 0 unspecified atom stereocenters. The Bertz CT molecular complexity index is 1030. The smallest absolute Gasteiger partial charge is 0.416 e. The maximum Gasteiger partial charge on any atom is 0.416 e. The molecule has 3 aromatic rings. The number of carbonyl (C=O) groups is 1. The van der Waals surface area contributed by atoms with Crippen molar-refractivity contribution >= 4 is 23.3 Å². The van der Waals surface area contributed by atoms with E-state index in [0.29, 0.717) is 5.02 Å². The SMILES string of the molecule is NC(=O)Nc1ccc(C(F)(F)F)cc1-c1nccnc1OCc1ccc(Cl)cc1. The van der Waals surface area contributed by atoms with Crippen LogP contribution in [0.3, 0.4) is 0 Å². The van der Waals surface area contributed by atoms with Gasteiger partial charge in [0, 0.05) is 23.0 Å². The molecule has 0 fully saturated rings. The first-order chi connectivity index (χ1) is 13.7. The molecule has 0 atom stereocenters. The van der Waals surface area contributed by atoms with Crippen LogP contribution >= 0.6 is 11.6 Å². The number of amides is 2. The van der Waals surface area contributed by atoms with Gasteiger partial charge in [0.25, 0.3) is 0 Å². The predicted octanol–water partition coefficient (Wildman–Crippen LogP) is 4.89. The predicted molar refractivity (Wildman–Crippen MR) is 101 cm³/mol. The zero-order valence-corrected chi connectivity index (χ0v) is 15.5. The number of hydrogen-bond donors (Lipinski definition) is 2. The number of rotatable bonds is 5. The zero-order chi connectivity index (χ0) is 21.0. The van der Waals surface area contributed by atoms with Crippen LogP contribution < -0.4 is 15.8 Å². The average Bonchev–Trinajstić information content (AvgIpc) is 2.67. The van der Waals surface area contributed by atoms with Gasteiger partial charge in [0.05, 0.1) is 11.3 Å². The Labute approximate surface area is 168 Å². The molecule has 3 N–H and O–H groups in total. The Morgan fingerprint density at radius 1 is 1.10 bits per heavy atom. The molecule has 150 valence electrons. The summed E-state index contributed by atoms with van der Waals surface area (Å²) in [5.74, 6) is -0.00528. The Morgan fingerprint density at radius 2 is 1.79 bits per heavy atom. The summed E-state index contributed by atoms with van der Waals surface area (Å²) in [6, 6.07) is 8.69. The van der Waals surface area contributed by atoms with E-state index in [1.165, 1.54) is 12.4 Å². The van der Waals surface area contributed by atoms with Gasteiger partial charge in [-0.1, -0.05) is 23.7 Å². The number of urea groups is 1. The molecule has 0 aliphatic heterocycles. The Hall–Kier alpha value is -3.33. The monoisotopic (exact) mass is 422 g/mol. The molecule has 0 radical (unpaired) electrons. The molecule has 1 aromatic heterocycles. The number of ether oxygens (including phenoxy) is 1. The van der Waals surface area contributed by atoms with Gasteiger partial charge in [0.15, 0.2) is 0 Å². The van der Waals surface area contributed by atoms with Gasteiger partial charge in [-0.25, -0.2) is 14.8 Å². The zero-order valence-electron chi connectivity index (χ0n) is 14.7. The first-order valence-corrected chi connectivity index (χ1v) is 8.58. The van der Waals surface area contributed by atoms with Crippen LogP contribution in [-0.2, 0) is 12.8 Å². The number of hydrogen-bond acceptors (Lipinski definition) is 4. The number of primary amides is 1. The number of aromatic nitrogens is 2. The Balaban J connectivity index is 2.00. The van der Waals surface area contributed by atoms with E-state index >= 15 is 0 Å². The number of nitrogens with one attached hydrogen (secondary N) is 1. The number of nitrogens with two attached hydrogens (primary N) is 1. The highest BCUT2D eigenvalue weighted by Crippen LogP contribution is 2.38. The molecule has 0 bridgehead atoms. The molecule has 1 heterocycles. The van der Waals surface area contributed by atoms with Gasteiger partial charge in [-0.15, -0.1) is 0 Å². The average molecular weight is 423 g/mol. The fourth-order valence-corrected chi connectivity index (χ4v) is 2.63. The highest BCUT2D eigenvalue weighted by molar-refractivity contribution is 6.30. The summed E-state index contributed by atoms with van der Waals surface area (Å²) < 4.78 is 45.2. The first kappa shape index (κ1) is 20.4. The Morgan fingerprint density at radius 3 is 2.45 bits per heavy atom. The van der Waals surface area contributed by atoms with Gasteiger partial charge in [-0.3, -0.25) is 0 Å². The van der Waals surface area contributed by atoms with Crippen LogP contribution in [0.2, 0.25) is 5.02 Å². The lowest BCUT2D eigenvalue weighted by Gasteiger charge is -2.15. The fourth-order valence-electron chi connectivity index (χ4n) is 2.51. The van der Waals surface area contributed by atoms with Gasteiger partial charge in [0.2, 0.25) is 5.88 Å². The van der Waals surface area contributed by atoms with E-state index in [1.807, 2.05) is 0 Å². The quantitative estimate of drug-likeness (QED) is 0.612. The van der Waals surface area contributed by atoms with Gasteiger partial charge in [-0.05, 0) is 35.9 Å². The van der Waals surface area contributed by atoms with Gasteiger partial charge < -0.3 is 15.8 Å². The summed E-state index contributed by atoms with van der Waals surface area (Å²) >= 11 is 5.84. The highest BCUT2D eigenvalue weighted by Gasteiger charge is 2.32. The van der Waals surface area contributed by atoms with E-state index < -0.39 is 17.8 Å². The molecule has 0 aliphatic rings. The van der Waals surface area contributed by atoms with Gasteiger partial charge in [-0.2, -0.15) is 13.2 Å². The van der Waals surface area contributed by atoms with Crippen molar-refractivity contribution in [2.45, 2.75) is 12.8 Å². The second-order valence-corrected chi connectivity index (χ2v) is 6.31. The van der Waals surface area contributed by atoms with Crippen molar-refractivity contribution < 1.29 is 22.7 Å². The largest absolute Gasteiger partial charge is 0.471 e. The second-order valence-electron chi connectivity index (χ2n) is 5.87. The lowest BCUT2D eigenvalue weighted by atomic mass is 10.0. The third-order valence-electron chi connectivity index (χ3n) is 3.81. The van der Waals surface area contributed by atoms with Crippen LogP contribution in [0.5, 0.6) is 5.88 Å². The number of alkyl halides is 3. The molecule has 2 amide bonds. The molecule has 3 rings (SSSR count). The summed E-state index contributed by atoms with van der Waals surface area (Å²) in [6.07, 6.45) is -1.94. The summed E-state index contributed by atoms with van der Waals surface area (Å²) in [4.78, 5) is 19.4. The lowest BCUT2D eigenvalue weighted by molar-refractivity contribution is -0.137. The summed E-state index contributed by atoms with van der Waals surface area (Å²) in [6.45, 7) is 0.0837. The van der Waals surface area contributed by atoms with Crippen LogP contribution in [0.4, 0.5) is 23.7 Å². The van der Waals surface area contributed by atoms with Crippen molar-refractivity contribution in [3.63, 3.8) is 0 Å². The van der Waals surface area contributed by atoms with Crippen molar-refractivity contribution in [2.24, 2.45) is 5.73 Å². The van der Waals surface area contributed by atoms with Crippen molar-refractivity contribution in [3.8, 4) is 17.1 Å². The standard InChI is InChI=1S/C19H14ClF3N4O2/c20-13-4-1-11(2-5-13)10-29-17-16(25-7-8-26-17)14-9-12(19(21,22)23)3-6-15(14)27-18(24)28/h1-9H,10H2,(H3,24,27,28). The second kappa shape index (κ2) is 8.36. The maximum atomic E-state index is 13.2. The molecule has 6 nitrogen and oxygen atoms in total. The van der Waals surface area contributed by atoms with Crippen molar-refractivity contribution in [2.75, 3.05) is 5.32 Å². The summed E-state index contributed by atoms with van der Waals surface area (Å²) in [5.41, 5.74) is 5.02. The summed E-state index contributed by atoms with van der Waals surface area (Å²) in [7, 11) is 0. The molecule has 2 aromatic carbocycles. The number of nitrogens with zero attached hydrogens (tertiary/aromatic N) is 2. The molecular formula is C19H14ClF3N4O2. The van der Waals surface area contributed by atoms with E-state index in [-0.39, 0.29) is 29.4 Å². The highest BCUT2D eigenvalue weighted by atomic mass is 35.5. The molecule has 10 heteroatoms. The minimum absolute atomic E-state index is 0.00528. The molecule has 29 heavy (non-hydrogen) atoms. The molecule has 0 saturated heterocycles. The van der Waals surface area contributed by atoms with E-state index in [2.05, 4.69) is 15.3 Å². The van der Waals surface area contributed by atoms with Crippen molar-refractivity contribution in [3.05, 3.63) is 71.0 Å². The lowest BCUT2D eigenvalue weighted by Crippen LogP contribution is -2.20. The summed E-state index contributed by atoms with van der Waals surface area (Å²) in [5, 5.41) is 2.85. The minimum atomic E-state index is -4.59. The number of halogens is 4. The van der Waals surface area contributed by atoms with Gasteiger partial charge >= 0.3 is 12.2 Å². The van der Waals surface area contributed by atoms with Crippen LogP contribution in [0.1, 0.15) is 11.1 Å². The van der Waals surface area contributed by atoms with E-state index in [1.54, 1.807) is 24.3 Å². The van der Waals surface area contributed by atoms with Crippen LogP contribution in [0.25, 0.3) is 11.3 Å². The number of benzene rings is 2. The number of anilines is 1.